The highest BCUT2D eigenvalue weighted by molar-refractivity contribution is 14.0. The summed E-state index contributed by atoms with van der Waals surface area (Å²) in [6.45, 7) is 6.41. The third-order valence-electron chi connectivity index (χ3n) is 4.39. The van der Waals surface area contributed by atoms with Crippen LogP contribution in [0, 0.1) is 6.92 Å². The average molecular weight is 487 g/mol. The van der Waals surface area contributed by atoms with E-state index in [4.69, 9.17) is 0 Å². The number of rotatable bonds is 6. The molecular formula is C19H30IN5O2. The van der Waals surface area contributed by atoms with Crippen LogP contribution in [0.25, 0.3) is 0 Å². The summed E-state index contributed by atoms with van der Waals surface area (Å²) in [6, 6.07) is 7.72. The first-order valence-corrected chi connectivity index (χ1v) is 9.13. The van der Waals surface area contributed by atoms with Crippen LogP contribution in [-0.4, -0.2) is 61.9 Å². The fraction of sp³-hybridized carbons (Fsp3) is 0.526. The first kappa shape index (κ1) is 23.2. The van der Waals surface area contributed by atoms with Gasteiger partial charge in [-0.2, -0.15) is 0 Å². The van der Waals surface area contributed by atoms with Crippen LogP contribution in [0.2, 0.25) is 0 Å². The van der Waals surface area contributed by atoms with E-state index in [2.05, 4.69) is 20.9 Å². The van der Waals surface area contributed by atoms with Gasteiger partial charge in [-0.3, -0.25) is 14.6 Å². The lowest BCUT2D eigenvalue weighted by molar-refractivity contribution is -0.129. The van der Waals surface area contributed by atoms with Gasteiger partial charge in [-0.1, -0.05) is 24.6 Å². The molecule has 3 N–H and O–H groups in total. The SMILES string of the molecule is CCC(=O)N1CCC(NC(=NC)NCCNC(=O)c2cccc(C)c2)C1.I. The third kappa shape index (κ3) is 7.36. The van der Waals surface area contributed by atoms with Crippen LogP contribution in [0.4, 0.5) is 0 Å². The Hall–Kier alpha value is -1.84. The molecule has 1 heterocycles. The number of aryl methyl sites for hydroxylation is 1. The highest BCUT2D eigenvalue weighted by Gasteiger charge is 2.25. The van der Waals surface area contributed by atoms with Crippen molar-refractivity contribution in [3.05, 3.63) is 35.4 Å². The number of amides is 2. The largest absolute Gasteiger partial charge is 0.355 e. The zero-order valence-corrected chi connectivity index (χ0v) is 18.6. The highest BCUT2D eigenvalue weighted by Crippen LogP contribution is 2.10. The molecule has 1 fully saturated rings. The lowest BCUT2D eigenvalue weighted by atomic mass is 10.1. The van der Waals surface area contributed by atoms with Crippen LogP contribution >= 0.6 is 24.0 Å². The van der Waals surface area contributed by atoms with E-state index in [1.54, 1.807) is 13.1 Å². The molecule has 0 saturated carbocycles. The summed E-state index contributed by atoms with van der Waals surface area (Å²) >= 11 is 0. The number of guanidine groups is 1. The molecule has 8 heteroatoms. The van der Waals surface area contributed by atoms with Crippen LogP contribution in [0.5, 0.6) is 0 Å². The molecule has 1 unspecified atom stereocenters. The van der Waals surface area contributed by atoms with E-state index in [0.29, 0.717) is 37.6 Å². The standard InChI is InChI=1S/C19H29N5O2.HI/c1-4-17(25)24-11-8-16(13-24)23-19(20-3)22-10-9-21-18(26)15-7-5-6-14(2)12-15;/h5-7,12,16H,4,8-11,13H2,1-3H3,(H,21,26)(H2,20,22,23);1H. The van der Waals surface area contributed by atoms with Crippen molar-refractivity contribution in [2.24, 2.45) is 4.99 Å². The molecule has 7 nitrogen and oxygen atoms in total. The van der Waals surface area contributed by atoms with E-state index in [0.717, 1.165) is 18.5 Å². The molecule has 1 aromatic carbocycles. The van der Waals surface area contributed by atoms with E-state index >= 15 is 0 Å². The number of carbonyl (C=O) groups excluding carboxylic acids is 2. The van der Waals surface area contributed by atoms with Crippen molar-refractivity contribution < 1.29 is 9.59 Å². The average Bonchev–Trinajstić information content (AvgIpc) is 3.11. The summed E-state index contributed by atoms with van der Waals surface area (Å²) in [4.78, 5) is 29.9. The van der Waals surface area contributed by atoms with Gasteiger partial charge >= 0.3 is 0 Å². The van der Waals surface area contributed by atoms with Gasteiger partial charge in [-0.15, -0.1) is 24.0 Å². The normalized spacial score (nSPS) is 16.5. The van der Waals surface area contributed by atoms with Crippen molar-refractivity contribution in [2.45, 2.75) is 32.7 Å². The van der Waals surface area contributed by atoms with Gasteiger partial charge in [0.1, 0.15) is 0 Å². The van der Waals surface area contributed by atoms with Gasteiger partial charge < -0.3 is 20.9 Å². The van der Waals surface area contributed by atoms with Crippen molar-refractivity contribution in [3.8, 4) is 0 Å². The molecule has 150 valence electrons. The van der Waals surface area contributed by atoms with Gasteiger partial charge in [0.2, 0.25) is 5.91 Å². The number of nitrogens with zero attached hydrogens (tertiary/aromatic N) is 2. The minimum absolute atomic E-state index is 0. The van der Waals surface area contributed by atoms with Gasteiger partial charge in [0, 0.05) is 51.3 Å². The number of halogens is 1. The molecular weight excluding hydrogens is 457 g/mol. The van der Waals surface area contributed by atoms with E-state index in [-0.39, 0.29) is 41.8 Å². The van der Waals surface area contributed by atoms with Crippen LogP contribution in [0.1, 0.15) is 35.7 Å². The van der Waals surface area contributed by atoms with Crippen LogP contribution in [-0.2, 0) is 4.79 Å². The van der Waals surface area contributed by atoms with Crippen molar-refractivity contribution in [1.82, 2.24) is 20.9 Å². The molecule has 27 heavy (non-hydrogen) atoms. The van der Waals surface area contributed by atoms with Gasteiger partial charge in [-0.25, -0.2) is 0 Å². The molecule has 0 aromatic heterocycles. The summed E-state index contributed by atoms with van der Waals surface area (Å²) in [5.41, 5.74) is 1.73. The maximum Gasteiger partial charge on any atom is 0.251 e. The summed E-state index contributed by atoms with van der Waals surface area (Å²) in [6.07, 6.45) is 1.46. The summed E-state index contributed by atoms with van der Waals surface area (Å²) in [5, 5.41) is 9.42. The maximum absolute atomic E-state index is 12.1. The molecule has 1 aromatic rings. The number of carbonyl (C=O) groups is 2. The molecule has 0 spiro atoms. The number of likely N-dealkylation sites (tertiary alicyclic amines) is 1. The first-order chi connectivity index (χ1) is 12.5. The molecule has 0 aliphatic carbocycles. The lowest BCUT2D eigenvalue weighted by Crippen LogP contribution is -2.46. The molecule has 2 amide bonds. The Bertz CT molecular complexity index is 665. The minimum atomic E-state index is -0.0806. The molecule has 1 saturated heterocycles. The number of aliphatic imine (C=N–C) groups is 1. The van der Waals surface area contributed by atoms with Crippen LogP contribution in [0.3, 0.4) is 0 Å². The highest BCUT2D eigenvalue weighted by atomic mass is 127. The molecule has 0 radical (unpaired) electrons. The quantitative estimate of drug-likeness (QED) is 0.246. The Morgan fingerprint density at radius 1 is 1.26 bits per heavy atom. The second-order valence-corrected chi connectivity index (χ2v) is 6.45. The van der Waals surface area contributed by atoms with Gasteiger partial charge in [0.15, 0.2) is 5.96 Å². The molecule has 1 aliphatic rings. The van der Waals surface area contributed by atoms with Gasteiger partial charge in [0.05, 0.1) is 0 Å². The summed E-state index contributed by atoms with van der Waals surface area (Å²) < 4.78 is 0. The zero-order chi connectivity index (χ0) is 18.9. The van der Waals surface area contributed by atoms with E-state index < -0.39 is 0 Å². The number of nitrogens with one attached hydrogen (secondary N) is 3. The Kier molecular flexibility index (Phi) is 10.1. The molecule has 1 atom stereocenters. The fourth-order valence-corrected chi connectivity index (χ4v) is 2.96. The topological polar surface area (TPSA) is 85.8 Å². The van der Waals surface area contributed by atoms with Crippen LogP contribution in [0.15, 0.2) is 29.3 Å². The van der Waals surface area contributed by atoms with Crippen molar-refractivity contribution in [1.29, 1.82) is 0 Å². The monoisotopic (exact) mass is 487 g/mol. The van der Waals surface area contributed by atoms with Crippen LogP contribution < -0.4 is 16.0 Å². The lowest BCUT2D eigenvalue weighted by Gasteiger charge is -2.18. The second kappa shape index (κ2) is 11.8. The minimum Gasteiger partial charge on any atom is -0.355 e. The zero-order valence-electron chi connectivity index (χ0n) is 16.2. The van der Waals surface area contributed by atoms with E-state index in [1.807, 2.05) is 36.9 Å². The maximum atomic E-state index is 12.1. The summed E-state index contributed by atoms with van der Waals surface area (Å²) in [5.74, 6) is 0.796. The Morgan fingerprint density at radius 3 is 2.67 bits per heavy atom. The molecule has 2 rings (SSSR count). The van der Waals surface area contributed by atoms with Gasteiger partial charge in [-0.05, 0) is 25.5 Å². The molecule has 0 bridgehead atoms. The molecule has 1 aliphatic heterocycles. The fourth-order valence-electron chi connectivity index (χ4n) is 2.96. The number of benzene rings is 1. The predicted octanol–water partition coefficient (Wildman–Crippen LogP) is 1.52. The first-order valence-electron chi connectivity index (χ1n) is 9.13. The second-order valence-electron chi connectivity index (χ2n) is 6.45. The Balaban J connectivity index is 0.00000364. The van der Waals surface area contributed by atoms with Gasteiger partial charge in [0.25, 0.3) is 5.91 Å². The number of hydrogen-bond acceptors (Lipinski definition) is 3. The Morgan fingerprint density at radius 2 is 2.00 bits per heavy atom. The predicted molar refractivity (Wildman–Crippen MR) is 119 cm³/mol. The van der Waals surface area contributed by atoms with Crippen molar-refractivity contribution >= 4 is 41.8 Å². The third-order valence-corrected chi connectivity index (χ3v) is 4.39. The smallest absolute Gasteiger partial charge is 0.251 e. The Labute approximate surface area is 178 Å². The van der Waals surface area contributed by atoms with E-state index in [1.165, 1.54) is 0 Å². The number of hydrogen-bond donors (Lipinski definition) is 3. The summed E-state index contributed by atoms with van der Waals surface area (Å²) in [7, 11) is 1.71. The van der Waals surface area contributed by atoms with Crippen molar-refractivity contribution in [3.63, 3.8) is 0 Å². The van der Waals surface area contributed by atoms with Crippen molar-refractivity contribution in [2.75, 3.05) is 33.2 Å². The van der Waals surface area contributed by atoms with E-state index in [9.17, 15) is 9.59 Å².